The van der Waals surface area contributed by atoms with Gasteiger partial charge in [0.2, 0.25) is 0 Å². The van der Waals surface area contributed by atoms with E-state index < -0.39 is 5.97 Å². The number of piperazine rings is 1. The SMILES string of the molecule is O=C(O)CN1CCN(c2ncnc3sccc23)CC1. The second-order valence-electron chi connectivity index (χ2n) is 4.49. The smallest absolute Gasteiger partial charge is 0.317 e. The van der Waals surface area contributed by atoms with Gasteiger partial charge in [-0.2, -0.15) is 0 Å². The molecule has 6 nitrogen and oxygen atoms in total. The summed E-state index contributed by atoms with van der Waals surface area (Å²) in [4.78, 5) is 24.5. The van der Waals surface area contributed by atoms with Gasteiger partial charge in [-0.15, -0.1) is 11.3 Å². The third-order valence-corrected chi connectivity index (χ3v) is 4.09. The first-order chi connectivity index (χ1) is 9.24. The van der Waals surface area contributed by atoms with Crippen LogP contribution in [-0.2, 0) is 4.79 Å². The molecule has 0 radical (unpaired) electrons. The van der Waals surface area contributed by atoms with Crippen LogP contribution < -0.4 is 4.90 Å². The van der Waals surface area contributed by atoms with E-state index in [0.29, 0.717) is 0 Å². The molecule has 1 fully saturated rings. The maximum absolute atomic E-state index is 10.7. The summed E-state index contributed by atoms with van der Waals surface area (Å²) in [7, 11) is 0. The molecule has 1 N–H and O–H groups in total. The number of nitrogens with zero attached hydrogens (tertiary/aromatic N) is 4. The molecule has 1 saturated heterocycles. The fraction of sp³-hybridized carbons (Fsp3) is 0.417. The van der Waals surface area contributed by atoms with Crippen molar-refractivity contribution in [2.24, 2.45) is 0 Å². The predicted molar refractivity (Wildman–Crippen MR) is 73.7 cm³/mol. The number of anilines is 1. The minimum atomic E-state index is -0.768. The van der Waals surface area contributed by atoms with Gasteiger partial charge in [0, 0.05) is 26.2 Å². The van der Waals surface area contributed by atoms with Crippen LogP contribution in [0.2, 0.25) is 0 Å². The molecule has 3 heterocycles. The van der Waals surface area contributed by atoms with E-state index in [0.717, 1.165) is 42.2 Å². The first kappa shape index (κ1) is 12.3. The van der Waals surface area contributed by atoms with Gasteiger partial charge in [-0.05, 0) is 11.4 Å². The summed E-state index contributed by atoms with van der Waals surface area (Å²) < 4.78 is 0. The van der Waals surface area contributed by atoms with Crippen molar-refractivity contribution in [1.82, 2.24) is 14.9 Å². The van der Waals surface area contributed by atoms with Crippen molar-refractivity contribution in [2.45, 2.75) is 0 Å². The fourth-order valence-corrected chi connectivity index (χ4v) is 3.07. The average Bonchev–Trinajstić information content (AvgIpc) is 2.87. The zero-order valence-corrected chi connectivity index (χ0v) is 11.1. The van der Waals surface area contributed by atoms with Gasteiger partial charge in [-0.25, -0.2) is 9.97 Å². The molecule has 19 heavy (non-hydrogen) atoms. The van der Waals surface area contributed by atoms with Crippen molar-refractivity contribution in [2.75, 3.05) is 37.6 Å². The van der Waals surface area contributed by atoms with Gasteiger partial charge in [0.25, 0.3) is 0 Å². The lowest BCUT2D eigenvalue weighted by molar-refractivity contribution is -0.138. The second-order valence-corrected chi connectivity index (χ2v) is 5.39. The number of carbonyl (C=O) groups is 1. The quantitative estimate of drug-likeness (QED) is 0.899. The highest BCUT2D eigenvalue weighted by Crippen LogP contribution is 2.27. The Balaban J connectivity index is 1.75. The Morgan fingerprint density at radius 2 is 2.11 bits per heavy atom. The van der Waals surface area contributed by atoms with Gasteiger partial charge < -0.3 is 10.0 Å². The number of aliphatic carboxylic acids is 1. The zero-order valence-electron chi connectivity index (χ0n) is 10.3. The molecule has 3 rings (SSSR count). The zero-order chi connectivity index (χ0) is 13.2. The maximum atomic E-state index is 10.7. The molecule has 0 amide bonds. The number of hydrogen-bond donors (Lipinski definition) is 1. The Morgan fingerprint density at radius 3 is 2.84 bits per heavy atom. The largest absolute Gasteiger partial charge is 0.480 e. The van der Waals surface area contributed by atoms with Crippen molar-refractivity contribution < 1.29 is 9.90 Å². The van der Waals surface area contributed by atoms with Crippen LogP contribution in [0.15, 0.2) is 17.8 Å². The number of fused-ring (bicyclic) bond motifs is 1. The molecule has 2 aromatic heterocycles. The van der Waals surface area contributed by atoms with Crippen LogP contribution in [0.1, 0.15) is 0 Å². The average molecular weight is 278 g/mol. The summed E-state index contributed by atoms with van der Waals surface area (Å²) in [6, 6.07) is 2.04. The molecule has 7 heteroatoms. The third-order valence-electron chi connectivity index (χ3n) is 3.27. The maximum Gasteiger partial charge on any atom is 0.317 e. The summed E-state index contributed by atoms with van der Waals surface area (Å²) in [5.41, 5.74) is 0. The molecule has 0 aliphatic carbocycles. The minimum Gasteiger partial charge on any atom is -0.480 e. The number of rotatable bonds is 3. The lowest BCUT2D eigenvalue weighted by Crippen LogP contribution is -2.48. The standard InChI is InChI=1S/C12H14N4O2S/c17-10(18)7-15-2-4-16(5-3-15)11-9-1-6-19-12(9)14-8-13-11/h1,6,8H,2-5,7H2,(H,17,18). The van der Waals surface area contributed by atoms with Gasteiger partial charge in [0.1, 0.15) is 17.0 Å². The second kappa shape index (κ2) is 5.10. The highest BCUT2D eigenvalue weighted by molar-refractivity contribution is 7.16. The Morgan fingerprint density at radius 1 is 1.32 bits per heavy atom. The van der Waals surface area contributed by atoms with E-state index in [4.69, 9.17) is 5.11 Å². The van der Waals surface area contributed by atoms with Crippen molar-refractivity contribution in [3.05, 3.63) is 17.8 Å². The van der Waals surface area contributed by atoms with E-state index in [9.17, 15) is 4.79 Å². The topological polar surface area (TPSA) is 69.6 Å². The van der Waals surface area contributed by atoms with E-state index in [1.807, 2.05) is 16.3 Å². The van der Waals surface area contributed by atoms with Crippen LogP contribution in [0.25, 0.3) is 10.2 Å². The van der Waals surface area contributed by atoms with E-state index in [1.54, 1.807) is 17.7 Å². The van der Waals surface area contributed by atoms with Crippen molar-refractivity contribution in [1.29, 1.82) is 0 Å². The molecule has 0 spiro atoms. The van der Waals surface area contributed by atoms with Crippen molar-refractivity contribution in [3.8, 4) is 0 Å². The van der Waals surface area contributed by atoms with Crippen LogP contribution in [0.3, 0.4) is 0 Å². The molecule has 0 unspecified atom stereocenters. The van der Waals surface area contributed by atoms with Crippen molar-refractivity contribution in [3.63, 3.8) is 0 Å². The molecule has 100 valence electrons. The molecule has 0 bridgehead atoms. The minimum absolute atomic E-state index is 0.117. The van der Waals surface area contributed by atoms with Gasteiger partial charge in [-0.3, -0.25) is 9.69 Å². The molecule has 0 atom stereocenters. The number of carboxylic acids is 1. The lowest BCUT2D eigenvalue weighted by atomic mass is 10.2. The van der Waals surface area contributed by atoms with Crippen molar-refractivity contribution >= 4 is 33.3 Å². The molecule has 2 aromatic rings. The number of hydrogen-bond acceptors (Lipinski definition) is 6. The van der Waals surface area contributed by atoms with E-state index in [-0.39, 0.29) is 6.54 Å². The Bertz CT molecular complexity index is 592. The fourth-order valence-electron chi connectivity index (χ4n) is 2.34. The van der Waals surface area contributed by atoms with Crippen LogP contribution >= 0.6 is 11.3 Å². The summed E-state index contributed by atoms with van der Waals surface area (Å²) in [6.45, 7) is 3.22. The molecule has 0 aromatic carbocycles. The van der Waals surface area contributed by atoms with Gasteiger partial charge in [-0.1, -0.05) is 0 Å². The summed E-state index contributed by atoms with van der Waals surface area (Å²) in [5, 5.41) is 11.9. The number of carboxylic acid groups (broad SMARTS) is 1. The molecule has 1 aliphatic rings. The Hall–Kier alpha value is -1.73. The first-order valence-corrected chi connectivity index (χ1v) is 6.99. The van der Waals surface area contributed by atoms with Gasteiger partial charge in [0.05, 0.1) is 11.9 Å². The summed E-state index contributed by atoms with van der Waals surface area (Å²) in [6.07, 6.45) is 1.60. The van der Waals surface area contributed by atoms with Gasteiger partial charge >= 0.3 is 5.97 Å². The molecular weight excluding hydrogens is 264 g/mol. The molecular formula is C12H14N4O2S. The number of thiophene rings is 1. The van der Waals surface area contributed by atoms with Gasteiger partial charge in [0.15, 0.2) is 0 Å². The van der Waals surface area contributed by atoms with Crippen LogP contribution in [0.4, 0.5) is 5.82 Å². The normalized spacial score (nSPS) is 16.9. The molecule has 0 saturated carbocycles. The molecule has 1 aliphatic heterocycles. The van der Waals surface area contributed by atoms with E-state index in [1.165, 1.54) is 0 Å². The Kier molecular flexibility index (Phi) is 3.31. The first-order valence-electron chi connectivity index (χ1n) is 6.11. The van der Waals surface area contributed by atoms with E-state index >= 15 is 0 Å². The van der Waals surface area contributed by atoms with Crippen LogP contribution in [0.5, 0.6) is 0 Å². The Labute approximate surface area is 114 Å². The summed E-state index contributed by atoms with van der Waals surface area (Å²) >= 11 is 1.61. The van der Waals surface area contributed by atoms with E-state index in [2.05, 4.69) is 14.9 Å². The predicted octanol–water partition coefficient (Wildman–Crippen LogP) is 0.898. The highest BCUT2D eigenvalue weighted by Gasteiger charge is 2.21. The van der Waals surface area contributed by atoms with Crippen LogP contribution in [-0.4, -0.2) is 58.7 Å². The lowest BCUT2D eigenvalue weighted by Gasteiger charge is -2.34. The third kappa shape index (κ3) is 2.52. The monoisotopic (exact) mass is 278 g/mol. The highest BCUT2D eigenvalue weighted by atomic mass is 32.1. The summed E-state index contributed by atoms with van der Waals surface area (Å²) in [5.74, 6) is 0.192. The number of aromatic nitrogens is 2. The van der Waals surface area contributed by atoms with Crippen LogP contribution in [0, 0.1) is 0 Å².